The number of fused-ring (bicyclic) bond motifs is 1. The normalized spacial score (nSPS) is 12.5. The average molecular weight is 403 g/mol. The molecule has 7 heteroatoms. The highest BCUT2D eigenvalue weighted by molar-refractivity contribution is 9.10. The maximum atomic E-state index is 12.5. The summed E-state index contributed by atoms with van der Waals surface area (Å²) in [6, 6.07) is 12.9. The fourth-order valence-electron chi connectivity index (χ4n) is 2.59. The van der Waals surface area contributed by atoms with Crippen LogP contribution in [0, 0.1) is 0 Å². The lowest BCUT2D eigenvalue weighted by molar-refractivity contribution is -0.120. The number of amides is 1. The second-order valence-electron chi connectivity index (χ2n) is 6.01. The van der Waals surface area contributed by atoms with Gasteiger partial charge in [-0.1, -0.05) is 34.1 Å². The Kier molecular flexibility index (Phi) is 5.06. The Morgan fingerprint density at radius 3 is 2.68 bits per heavy atom. The van der Waals surface area contributed by atoms with Crippen LogP contribution in [0.4, 0.5) is 5.69 Å². The molecule has 0 radical (unpaired) electrons. The number of hydrogen-bond acceptors (Lipinski definition) is 3. The zero-order chi connectivity index (χ0) is 18.0. The van der Waals surface area contributed by atoms with Gasteiger partial charge >= 0.3 is 5.69 Å². The molecule has 0 fully saturated rings. The molecule has 6 nitrogen and oxygen atoms in total. The third-order valence-electron chi connectivity index (χ3n) is 4.20. The summed E-state index contributed by atoms with van der Waals surface area (Å²) in [6.07, 6.45) is 0. The van der Waals surface area contributed by atoms with Crippen molar-refractivity contribution in [2.75, 3.05) is 12.4 Å². The Hall–Kier alpha value is -2.38. The molecule has 0 aliphatic rings. The Balaban J connectivity index is 1.68. The maximum Gasteiger partial charge on any atom is 0.323 e. The van der Waals surface area contributed by atoms with Gasteiger partial charge in [-0.2, -0.15) is 0 Å². The van der Waals surface area contributed by atoms with Gasteiger partial charge in [-0.25, -0.2) is 4.79 Å². The summed E-state index contributed by atoms with van der Waals surface area (Å²) in [5.41, 5.74) is 2.88. The van der Waals surface area contributed by atoms with Crippen molar-refractivity contribution in [3.63, 3.8) is 0 Å². The van der Waals surface area contributed by atoms with E-state index in [1.165, 1.54) is 0 Å². The average Bonchev–Trinajstić information content (AvgIpc) is 2.95. The molecule has 25 heavy (non-hydrogen) atoms. The Morgan fingerprint density at radius 1 is 1.20 bits per heavy atom. The summed E-state index contributed by atoms with van der Waals surface area (Å²) >= 11 is 3.53. The number of carbonyl (C=O) groups excluding carboxylic acids is 1. The van der Waals surface area contributed by atoms with Crippen LogP contribution in [0.15, 0.2) is 51.7 Å². The largest absolute Gasteiger partial charge is 0.325 e. The van der Waals surface area contributed by atoms with Gasteiger partial charge in [-0.05, 0) is 43.8 Å². The zero-order valence-electron chi connectivity index (χ0n) is 14.0. The molecule has 3 rings (SSSR count). The SMILES string of the molecule is CC(C(=O)Nc1ccc2[nH]c(=O)[nH]c2c1)N(C)Cc1ccccc1Br. The van der Waals surface area contributed by atoms with Crippen LogP contribution in [0.25, 0.3) is 11.0 Å². The molecule has 3 N–H and O–H groups in total. The smallest absolute Gasteiger partial charge is 0.323 e. The van der Waals surface area contributed by atoms with Gasteiger partial charge in [-0.15, -0.1) is 0 Å². The number of hydrogen-bond donors (Lipinski definition) is 3. The third-order valence-corrected chi connectivity index (χ3v) is 4.98. The standard InChI is InChI=1S/C18H19BrN4O2/c1-11(23(2)10-12-5-3-4-6-14(12)19)17(24)20-13-7-8-15-16(9-13)22-18(25)21-15/h3-9,11H,10H2,1-2H3,(H,20,24)(H2,21,22,25). The van der Waals surface area contributed by atoms with Gasteiger partial charge in [0.1, 0.15) is 0 Å². The molecular formula is C18H19BrN4O2. The van der Waals surface area contributed by atoms with Crippen molar-refractivity contribution in [1.29, 1.82) is 0 Å². The van der Waals surface area contributed by atoms with Gasteiger partial charge in [0.2, 0.25) is 5.91 Å². The molecule has 0 aliphatic heterocycles. The van der Waals surface area contributed by atoms with Crippen LogP contribution in [0.5, 0.6) is 0 Å². The van der Waals surface area contributed by atoms with E-state index < -0.39 is 0 Å². The maximum absolute atomic E-state index is 12.5. The zero-order valence-corrected chi connectivity index (χ0v) is 15.6. The van der Waals surface area contributed by atoms with E-state index in [4.69, 9.17) is 0 Å². The molecule has 0 saturated heterocycles. The highest BCUT2D eigenvalue weighted by atomic mass is 79.9. The molecule has 0 aliphatic carbocycles. The second-order valence-corrected chi connectivity index (χ2v) is 6.87. The van der Waals surface area contributed by atoms with Crippen LogP contribution in [0.1, 0.15) is 12.5 Å². The van der Waals surface area contributed by atoms with E-state index in [9.17, 15) is 9.59 Å². The highest BCUT2D eigenvalue weighted by Crippen LogP contribution is 2.19. The minimum atomic E-state index is -0.312. The van der Waals surface area contributed by atoms with E-state index in [0.717, 1.165) is 10.0 Å². The predicted octanol–water partition coefficient (Wildman–Crippen LogP) is 3.08. The number of H-pyrrole nitrogens is 2. The molecular weight excluding hydrogens is 384 g/mol. The molecule has 0 bridgehead atoms. The number of benzene rings is 2. The van der Waals surface area contributed by atoms with Gasteiger partial charge in [0.15, 0.2) is 0 Å². The summed E-state index contributed by atoms with van der Waals surface area (Å²) < 4.78 is 1.02. The number of carbonyl (C=O) groups is 1. The Morgan fingerprint density at radius 2 is 1.92 bits per heavy atom. The van der Waals surface area contributed by atoms with Crippen molar-refractivity contribution < 1.29 is 4.79 Å². The first-order chi connectivity index (χ1) is 11.9. The van der Waals surface area contributed by atoms with E-state index in [1.807, 2.05) is 43.1 Å². The van der Waals surface area contributed by atoms with Crippen LogP contribution < -0.4 is 11.0 Å². The van der Waals surface area contributed by atoms with Crippen LogP contribution >= 0.6 is 15.9 Å². The van der Waals surface area contributed by atoms with Crippen molar-refractivity contribution in [3.05, 3.63) is 63.0 Å². The molecule has 3 aromatic rings. The van der Waals surface area contributed by atoms with E-state index >= 15 is 0 Å². The van der Waals surface area contributed by atoms with E-state index in [0.29, 0.717) is 23.3 Å². The number of likely N-dealkylation sites (N-methyl/N-ethyl adjacent to an activating group) is 1. The monoisotopic (exact) mass is 402 g/mol. The molecule has 0 spiro atoms. The van der Waals surface area contributed by atoms with Crippen LogP contribution in [0.3, 0.4) is 0 Å². The van der Waals surface area contributed by atoms with Gasteiger partial charge < -0.3 is 15.3 Å². The first-order valence-electron chi connectivity index (χ1n) is 7.90. The molecule has 1 amide bonds. The molecule has 1 aromatic heterocycles. The lowest BCUT2D eigenvalue weighted by atomic mass is 10.2. The molecule has 0 saturated carbocycles. The number of anilines is 1. The Bertz CT molecular complexity index is 963. The number of rotatable bonds is 5. The number of nitrogens with zero attached hydrogens (tertiary/aromatic N) is 1. The van der Waals surface area contributed by atoms with Crippen LogP contribution in [-0.4, -0.2) is 33.9 Å². The van der Waals surface area contributed by atoms with Gasteiger partial charge in [0, 0.05) is 16.7 Å². The molecule has 1 unspecified atom stereocenters. The van der Waals surface area contributed by atoms with Crippen molar-refractivity contribution >= 4 is 38.6 Å². The van der Waals surface area contributed by atoms with Gasteiger partial charge in [-0.3, -0.25) is 9.69 Å². The van der Waals surface area contributed by atoms with Crippen molar-refractivity contribution in [2.24, 2.45) is 0 Å². The lowest BCUT2D eigenvalue weighted by Crippen LogP contribution is -2.39. The summed E-state index contributed by atoms with van der Waals surface area (Å²) in [7, 11) is 1.91. The number of aromatic nitrogens is 2. The van der Waals surface area contributed by atoms with Crippen LogP contribution in [0.2, 0.25) is 0 Å². The first kappa shape index (κ1) is 17.4. The minimum absolute atomic E-state index is 0.105. The summed E-state index contributed by atoms with van der Waals surface area (Å²) in [5.74, 6) is -0.105. The predicted molar refractivity (Wildman–Crippen MR) is 103 cm³/mol. The molecule has 1 atom stereocenters. The number of aromatic amines is 2. The number of imidazole rings is 1. The summed E-state index contributed by atoms with van der Waals surface area (Å²) in [6.45, 7) is 2.52. The summed E-state index contributed by atoms with van der Waals surface area (Å²) in [5, 5.41) is 2.90. The minimum Gasteiger partial charge on any atom is -0.325 e. The fraction of sp³-hybridized carbons (Fsp3) is 0.222. The van der Waals surface area contributed by atoms with Crippen LogP contribution in [-0.2, 0) is 11.3 Å². The van der Waals surface area contributed by atoms with E-state index in [2.05, 4.69) is 31.2 Å². The highest BCUT2D eigenvalue weighted by Gasteiger charge is 2.19. The lowest BCUT2D eigenvalue weighted by Gasteiger charge is -2.24. The van der Waals surface area contributed by atoms with E-state index in [-0.39, 0.29) is 17.6 Å². The van der Waals surface area contributed by atoms with Gasteiger partial charge in [0.05, 0.1) is 17.1 Å². The number of halogens is 1. The van der Waals surface area contributed by atoms with E-state index in [1.54, 1.807) is 18.2 Å². The quantitative estimate of drug-likeness (QED) is 0.613. The molecule has 130 valence electrons. The first-order valence-corrected chi connectivity index (χ1v) is 8.70. The molecule has 2 aromatic carbocycles. The van der Waals surface area contributed by atoms with Crippen molar-refractivity contribution in [3.8, 4) is 0 Å². The van der Waals surface area contributed by atoms with Crippen molar-refractivity contribution in [2.45, 2.75) is 19.5 Å². The second kappa shape index (κ2) is 7.25. The third kappa shape index (κ3) is 4.00. The molecule has 1 heterocycles. The summed E-state index contributed by atoms with van der Waals surface area (Å²) in [4.78, 5) is 31.2. The Labute approximate surface area is 153 Å². The topological polar surface area (TPSA) is 81.0 Å². The fourth-order valence-corrected chi connectivity index (χ4v) is 3.00. The number of nitrogens with one attached hydrogen (secondary N) is 3. The van der Waals surface area contributed by atoms with Gasteiger partial charge in [0.25, 0.3) is 0 Å². The van der Waals surface area contributed by atoms with Crippen molar-refractivity contribution in [1.82, 2.24) is 14.9 Å².